The van der Waals surface area contributed by atoms with E-state index in [0.717, 1.165) is 16.3 Å². The third-order valence-electron chi connectivity index (χ3n) is 3.62. The van der Waals surface area contributed by atoms with E-state index in [1.54, 1.807) is 12.1 Å². The summed E-state index contributed by atoms with van der Waals surface area (Å²) in [5.74, 6) is 1.09. The van der Waals surface area contributed by atoms with E-state index in [2.05, 4.69) is 20.3 Å². The summed E-state index contributed by atoms with van der Waals surface area (Å²) >= 11 is 1.46. The summed E-state index contributed by atoms with van der Waals surface area (Å²) < 4.78 is 18.2. The summed E-state index contributed by atoms with van der Waals surface area (Å²) in [5, 5.41) is 13.2. The lowest BCUT2D eigenvalue weighted by Crippen LogP contribution is -1.90. The second-order valence-electron chi connectivity index (χ2n) is 5.43. The fourth-order valence-corrected chi connectivity index (χ4v) is 2.98. The highest BCUT2D eigenvalue weighted by molar-refractivity contribution is 7.98. The van der Waals surface area contributed by atoms with Gasteiger partial charge in [0.15, 0.2) is 0 Å². The van der Waals surface area contributed by atoms with Crippen molar-refractivity contribution in [2.45, 2.75) is 10.8 Å². The average Bonchev–Trinajstić information content (AvgIpc) is 3.17. The van der Waals surface area contributed by atoms with Crippen LogP contribution in [0, 0.1) is 5.82 Å². The van der Waals surface area contributed by atoms with Crippen molar-refractivity contribution < 1.29 is 8.91 Å². The molecule has 4 aromatic rings. The van der Waals surface area contributed by atoms with Crippen molar-refractivity contribution in [3.8, 4) is 22.6 Å². The number of nitrogens with zero attached hydrogens (tertiary/aromatic N) is 4. The van der Waals surface area contributed by atoms with Crippen LogP contribution in [-0.2, 0) is 5.75 Å². The van der Waals surface area contributed by atoms with Crippen LogP contribution in [0.1, 0.15) is 5.89 Å². The van der Waals surface area contributed by atoms with Crippen LogP contribution in [0.5, 0.6) is 0 Å². The molecule has 5 nitrogen and oxygen atoms in total. The third kappa shape index (κ3) is 3.78. The van der Waals surface area contributed by atoms with Gasteiger partial charge in [0.25, 0.3) is 0 Å². The molecular weight excluding hydrogens is 351 g/mol. The number of thioether (sulfide) groups is 1. The molecule has 0 bridgehead atoms. The van der Waals surface area contributed by atoms with Gasteiger partial charge in [0.1, 0.15) is 10.8 Å². The quantitative estimate of drug-likeness (QED) is 0.481. The first-order valence-corrected chi connectivity index (χ1v) is 8.87. The Hall–Kier alpha value is -3.06. The second kappa shape index (κ2) is 7.45. The van der Waals surface area contributed by atoms with Gasteiger partial charge >= 0.3 is 0 Å². The fraction of sp³-hybridized carbons (Fsp3) is 0.0526. The van der Waals surface area contributed by atoms with E-state index in [0.29, 0.717) is 23.0 Å². The third-order valence-corrected chi connectivity index (χ3v) is 4.53. The van der Waals surface area contributed by atoms with E-state index < -0.39 is 0 Å². The van der Waals surface area contributed by atoms with Gasteiger partial charge in [-0.2, -0.15) is 4.98 Å². The molecule has 7 heteroatoms. The standard InChI is InChI=1S/C19H13FN4OS/c20-15-8-6-14(7-9-15)19-21-17(25-24-19)12-26-18-11-10-16(22-23-18)13-4-2-1-3-5-13/h1-11H,12H2. The molecule has 128 valence electrons. The number of hydrogen-bond acceptors (Lipinski definition) is 6. The molecule has 0 unspecified atom stereocenters. The lowest BCUT2D eigenvalue weighted by molar-refractivity contribution is 0.391. The van der Waals surface area contributed by atoms with E-state index in [9.17, 15) is 4.39 Å². The monoisotopic (exact) mass is 364 g/mol. The number of aromatic nitrogens is 4. The fourth-order valence-electron chi connectivity index (χ4n) is 2.33. The van der Waals surface area contributed by atoms with Gasteiger partial charge < -0.3 is 4.52 Å². The highest BCUT2D eigenvalue weighted by Gasteiger charge is 2.10. The van der Waals surface area contributed by atoms with E-state index >= 15 is 0 Å². The zero-order valence-corrected chi connectivity index (χ0v) is 14.4. The number of benzene rings is 2. The van der Waals surface area contributed by atoms with Crippen LogP contribution in [0.25, 0.3) is 22.6 Å². The molecule has 2 aromatic heterocycles. The summed E-state index contributed by atoms with van der Waals surface area (Å²) in [6, 6.07) is 19.7. The SMILES string of the molecule is Fc1ccc(-c2noc(CSc3ccc(-c4ccccc4)nn3)n2)cc1. The van der Waals surface area contributed by atoms with Gasteiger partial charge in [-0.05, 0) is 36.4 Å². The molecule has 0 atom stereocenters. The van der Waals surface area contributed by atoms with Crippen LogP contribution in [0.4, 0.5) is 4.39 Å². The van der Waals surface area contributed by atoms with Gasteiger partial charge in [0, 0.05) is 11.1 Å². The van der Waals surface area contributed by atoms with Crippen molar-refractivity contribution in [2.24, 2.45) is 0 Å². The zero-order valence-electron chi connectivity index (χ0n) is 13.5. The van der Waals surface area contributed by atoms with Gasteiger partial charge in [-0.3, -0.25) is 0 Å². The first kappa shape index (κ1) is 16.4. The summed E-state index contributed by atoms with van der Waals surface area (Å²) in [6.07, 6.45) is 0. The minimum absolute atomic E-state index is 0.300. The van der Waals surface area contributed by atoms with Crippen molar-refractivity contribution in [3.63, 3.8) is 0 Å². The molecule has 4 rings (SSSR count). The highest BCUT2D eigenvalue weighted by atomic mass is 32.2. The lowest BCUT2D eigenvalue weighted by Gasteiger charge is -2.01. The molecule has 0 aliphatic heterocycles. The van der Waals surface area contributed by atoms with Gasteiger partial charge in [-0.1, -0.05) is 47.3 Å². The van der Waals surface area contributed by atoms with E-state index in [1.165, 1.54) is 23.9 Å². The van der Waals surface area contributed by atoms with E-state index in [4.69, 9.17) is 4.52 Å². The highest BCUT2D eigenvalue weighted by Crippen LogP contribution is 2.23. The average molecular weight is 364 g/mol. The molecule has 0 saturated carbocycles. The Bertz CT molecular complexity index is 988. The number of rotatable bonds is 5. The molecule has 26 heavy (non-hydrogen) atoms. The molecule has 2 aromatic carbocycles. The molecule has 2 heterocycles. The van der Waals surface area contributed by atoms with Crippen LogP contribution >= 0.6 is 11.8 Å². The summed E-state index contributed by atoms with van der Waals surface area (Å²) in [7, 11) is 0. The second-order valence-corrected chi connectivity index (χ2v) is 6.43. The Morgan fingerprint density at radius 2 is 1.65 bits per heavy atom. The molecular formula is C19H13FN4OS. The van der Waals surface area contributed by atoms with Gasteiger partial charge in [-0.15, -0.1) is 10.2 Å². The first-order valence-electron chi connectivity index (χ1n) is 7.88. The van der Waals surface area contributed by atoms with Crippen molar-refractivity contribution in [3.05, 3.63) is 78.4 Å². The van der Waals surface area contributed by atoms with Crippen LogP contribution in [-0.4, -0.2) is 20.3 Å². The number of hydrogen-bond donors (Lipinski definition) is 0. The molecule has 0 saturated heterocycles. The normalized spacial score (nSPS) is 10.8. The van der Waals surface area contributed by atoms with Crippen molar-refractivity contribution in [1.82, 2.24) is 20.3 Å². The predicted molar refractivity (Wildman–Crippen MR) is 96.7 cm³/mol. The number of halogens is 1. The van der Waals surface area contributed by atoms with Gasteiger partial charge in [0.2, 0.25) is 11.7 Å². The zero-order chi connectivity index (χ0) is 17.8. The molecule has 0 aliphatic carbocycles. The Kier molecular flexibility index (Phi) is 4.70. The first-order chi connectivity index (χ1) is 12.8. The smallest absolute Gasteiger partial charge is 0.237 e. The molecule has 0 fully saturated rings. The maximum Gasteiger partial charge on any atom is 0.237 e. The topological polar surface area (TPSA) is 64.7 Å². The summed E-state index contributed by atoms with van der Waals surface area (Å²) in [6.45, 7) is 0. The van der Waals surface area contributed by atoms with Crippen LogP contribution in [0.15, 0.2) is 76.3 Å². The molecule has 0 radical (unpaired) electrons. The Morgan fingerprint density at radius 3 is 2.38 bits per heavy atom. The van der Waals surface area contributed by atoms with E-state index in [1.807, 2.05) is 42.5 Å². The Labute approximate surface area is 153 Å². The van der Waals surface area contributed by atoms with Crippen molar-refractivity contribution >= 4 is 11.8 Å². The largest absolute Gasteiger partial charge is 0.338 e. The van der Waals surface area contributed by atoms with E-state index in [-0.39, 0.29) is 5.82 Å². The maximum atomic E-state index is 13.0. The minimum atomic E-state index is -0.300. The lowest BCUT2D eigenvalue weighted by atomic mass is 10.1. The Balaban J connectivity index is 1.41. The molecule has 0 spiro atoms. The maximum absolute atomic E-state index is 13.0. The molecule has 0 aliphatic rings. The Morgan fingerprint density at radius 1 is 0.846 bits per heavy atom. The summed E-state index contributed by atoms with van der Waals surface area (Å²) in [4.78, 5) is 4.32. The summed E-state index contributed by atoms with van der Waals surface area (Å²) in [5.41, 5.74) is 2.56. The van der Waals surface area contributed by atoms with Crippen LogP contribution in [0.3, 0.4) is 0 Å². The van der Waals surface area contributed by atoms with Crippen LogP contribution in [0.2, 0.25) is 0 Å². The van der Waals surface area contributed by atoms with Crippen LogP contribution < -0.4 is 0 Å². The minimum Gasteiger partial charge on any atom is -0.338 e. The van der Waals surface area contributed by atoms with Gasteiger partial charge in [-0.25, -0.2) is 4.39 Å². The predicted octanol–water partition coefficient (Wildman–Crippen LogP) is 4.63. The van der Waals surface area contributed by atoms with Crippen molar-refractivity contribution in [1.29, 1.82) is 0 Å². The van der Waals surface area contributed by atoms with Gasteiger partial charge in [0.05, 0.1) is 11.4 Å². The molecule has 0 amide bonds. The van der Waals surface area contributed by atoms with Crippen molar-refractivity contribution in [2.75, 3.05) is 0 Å². The molecule has 0 N–H and O–H groups in total.